The summed E-state index contributed by atoms with van der Waals surface area (Å²) in [5, 5.41) is 0. The monoisotopic (exact) mass is 491 g/mol. The number of sulfonamides is 1. The van der Waals surface area contributed by atoms with Gasteiger partial charge in [0, 0.05) is 31.9 Å². The van der Waals surface area contributed by atoms with Crippen LogP contribution in [-0.2, 0) is 21.2 Å². The Labute approximate surface area is 208 Å². The third-order valence-corrected chi connectivity index (χ3v) is 8.58. The molecule has 3 aromatic carbocycles. The smallest absolute Gasteiger partial charge is 0.264 e. The molecule has 0 aliphatic carbocycles. The minimum Gasteiger partial charge on any atom is -0.368 e. The van der Waals surface area contributed by atoms with Crippen LogP contribution in [-0.4, -0.2) is 51.9 Å². The Balaban J connectivity index is 1.53. The Hall–Kier alpha value is -3.32. The lowest BCUT2D eigenvalue weighted by atomic mass is 10.1. The second-order valence-electron chi connectivity index (χ2n) is 8.93. The first-order valence-corrected chi connectivity index (χ1v) is 13.5. The lowest BCUT2D eigenvalue weighted by Crippen LogP contribution is -2.52. The van der Waals surface area contributed by atoms with Crippen molar-refractivity contribution in [1.82, 2.24) is 4.90 Å². The molecule has 0 radical (unpaired) electrons. The molecule has 4 rings (SSSR count). The Morgan fingerprint density at radius 1 is 0.857 bits per heavy atom. The van der Waals surface area contributed by atoms with Crippen molar-refractivity contribution in [3.8, 4) is 0 Å². The molecule has 7 heteroatoms. The summed E-state index contributed by atoms with van der Waals surface area (Å²) in [5.74, 6) is -0.190. The Morgan fingerprint density at radius 2 is 1.51 bits per heavy atom. The molecule has 0 unspecified atom stereocenters. The molecule has 0 aromatic heterocycles. The number of hydrogen-bond donors (Lipinski definition) is 0. The molecular weight excluding hydrogens is 458 g/mol. The molecule has 35 heavy (non-hydrogen) atoms. The van der Waals surface area contributed by atoms with Gasteiger partial charge in [-0.25, -0.2) is 8.42 Å². The SMILES string of the molecule is CCc1ccc(N(CC(=O)N2CCN(c3cccc(C)c3C)CC2)S(=O)(=O)c2ccccc2)cc1. The zero-order valence-corrected chi connectivity index (χ0v) is 21.5. The van der Waals surface area contributed by atoms with Gasteiger partial charge in [0.25, 0.3) is 10.0 Å². The first-order chi connectivity index (χ1) is 16.8. The quantitative estimate of drug-likeness (QED) is 0.491. The van der Waals surface area contributed by atoms with E-state index < -0.39 is 10.0 Å². The van der Waals surface area contributed by atoms with Crippen molar-refractivity contribution >= 4 is 27.3 Å². The highest BCUT2D eigenvalue weighted by Gasteiger charge is 2.30. The van der Waals surface area contributed by atoms with Crippen molar-refractivity contribution in [3.63, 3.8) is 0 Å². The topological polar surface area (TPSA) is 60.9 Å². The van der Waals surface area contributed by atoms with Crippen LogP contribution < -0.4 is 9.21 Å². The third-order valence-electron chi connectivity index (χ3n) is 6.79. The van der Waals surface area contributed by atoms with E-state index in [2.05, 4.69) is 43.9 Å². The highest BCUT2D eigenvalue weighted by atomic mass is 32.2. The second-order valence-corrected chi connectivity index (χ2v) is 10.8. The van der Waals surface area contributed by atoms with E-state index in [0.717, 1.165) is 12.0 Å². The van der Waals surface area contributed by atoms with Crippen LogP contribution in [0.25, 0.3) is 0 Å². The second kappa shape index (κ2) is 10.5. The number of rotatable bonds is 7. The van der Waals surface area contributed by atoms with Crippen LogP contribution in [0, 0.1) is 13.8 Å². The van der Waals surface area contributed by atoms with Crippen LogP contribution in [0.1, 0.15) is 23.6 Å². The van der Waals surface area contributed by atoms with E-state index in [1.807, 2.05) is 12.1 Å². The van der Waals surface area contributed by atoms with Crippen molar-refractivity contribution in [2.75, 3.05) is 41.9 Å². The van der Waals surface area contributed by atoms with Crippen LogP contribution >= 0.6 is 0 Å². The molecule has 6 nitrogen and oxygen atoms in total. The van der Waals surface area contributed by atoms with Crippen molar-refractivity contribution in [2.24, 2.45) is 0 Å². The molecule has 1 saturated heterocycles. The fourth-order valence-corrected chi connectivity index (χ4v) is 5.87. The summed E-state index contributed by atoms with van der Waals surface area (Å²) in [7, 11) is -3.90. The number of carbonyl (C=O) groups is 1. The molecule has 1 fully saturated rings. The number of benzene rings is 3. The van der Waals surface area contributed by atoms with Gasteiger partial charge in [-0.15, -0.1) is 0 Å². The van der Waals surface area contributed by atoms with Crippen LogP contribution in [0.3, 0.4) is 0 Å². The maximum Gasteiger partial charge on any atom is 0.264 e. The Kier molecular flexibility index (Phi) is 7.45. The number of piperazine rings is 1. The molecule has 0 N–H and O–H groups in total. The Morgan fingerprint density at radius 3 is 2.14 bits per heavy atom. The minimum absolute atomic E-state index is 0.173. The zero-order valence-electron chi connectivity index (χ0n) is 20.6. The molecular formula is C28H33N3O3S. The Bertz CT molecular complexity index is 1270. The predicted octanol–water partition coefficient (Wildman–Crippen LogP) is 4.41. The number of anilines is 2. The van der Waals surface area contributed by atoms with Crippen molar-refractivity contribution < 1.29 is 13.2 Å². The van der Waals surface area contributed by atoms with Gasteiger partial charge in [-0.2, -0.15) is 0 Å². The highest BCUT2D eigenvalue weighted by molar-refractivity contribution is 7.92. The number of amides is 1. The maximum absolute atomic E-state index is 13.6. The number of hydrogen-bond acceptors (Lipinski definition) is 4. The largest absolute Gasteiger partial charge is 0.368 e. The molecule has 1 aliphatic heterocycles. The van der Waals surface area contributed by atoms with Gasteiger partial charge in [0.2, 0.25) is 5.91 Å². The first kappa shape index (κ1) is 24.8. The average molecular weight is 492 g/mol. The van der Waals surface area contributed by atoms with E-state index in [0.29, 0.717) is 31.9 Å². The van der Waals surface area contributed by atoms with Gasteiger partial charge in [0.15, 0.2) is 0 Å². The van der Waals surface area contributed by atoms with E-state index in [1.54, 1.807) is 47.4 Å². The van der Waals surface area contributed by atoms with Crippen LogP contribution in [0.2, 0.25) is 0 Å². The maximum atomic E-state index is 13.6. The molecule has 1 heterocycles. The predicted molar refractivity (Wildman–Crippen MR) is 142 cm³/mol. The fraction of sp³-hybridized carbons (Fsp3) is 0.321. The lowest BCUT2D eigenvalue weighted by molar-refractivity contribution is -0.129. The summed E-state index contributed by atoms with van der Waals surface area (Å²) < 4.78 is 28.4. The zero-order chi connectivity index (χ0) is 25.0. The summed E-state index contributed by atoms with van der Waals surface area (Å²) in [6, 6.07) is 22.0. The van der Waals surface area contributed by atoms with Crippen LogP contribution in [0.5, 0.6) is 0 Å². The number of nitrogens with zero attached hydrogens (tertiary/aromatic N) is 3. The minimum atomic E-state index is -3.90. The van der Waals surface area contributed by atoms with Crippen molar-refractivity contribution in [1.29, 1.82) is 0 Å². The molecule has 0 spiro atoms. The van der Waals surface area contributed by atoms with Crippen LogP contribution in [0.4, 0.5) is 11.4 Å². The van der Waals surface area contributed by atoms with E-state index in [-0.39, 0.29) is 17.3 Å². The molecule has 1 amide bonds. The van der Waals surface area contributed by atoms with Gasteiger partial charge in [-0.1, -0.05) is 49.4 Å². The standard InChI is InChI=1S/C28H33N3O3S/c1-4-24-13-15-25(16-14-24)31(35(33,34)26-10-6-5-7-11-26)21-28(32)30-19-17-29(18-20-30)27-12-8-9-22(2)23(27)3/h5-16H,4,17-21H2,1-3H3. The normalized spacial score (nSPS) is 14.1. The summed E-state index contributed by atoms with van der Waals surface area (Å²) in [5.41, 5.74) is 5.30. The molecule has 184 valence electrons. The van der Waals surface area contributed by atoms with Gasteiger partial charge in [0.05, 0.1) is 10.6 Å². The summed E-state index contributed by atoms with van der Waals surface area (Å²) in [4.78, 5) is 17.6. The number of aryl methyl sites for hydroxylation is 2. The van der Waals surface area contributed by atoms with Gasteiger partial charge in [0.1, 0.15) is 6.54 Å². The molecule has 0 atom stereocenters. The molecule has 3 aromatic rings. The summed E-state index contributed by atoms with van der Waals surface area (Å²) in [6.45, 7) is 8.59. The van der Waals surface area contributed by atoms with Crippen molar-refractivity contribution in [3.05, 3.63) is 89.5 Å². The molecule has 0 bridgehead atoms. The molecule has 1 aliphatic rings. The van der Waals surface area contributed by atoms with E-state index in [4.69, 9.17) is 0 Å². The highest BCUT2D eigenvalue weighted by Crippen LogP contribution is 2.26. The third kappa shape index (κ3) is 5.35. The average Bonchev–Trinajstić information content (AvgIpc) is 2.89. The summed E-state index contributed by atoms with van der Waals surface area (Å²) in [6.07, 6.45) is 0.856. The van der Waals surface area contributed by atoms with Gasteiger partial charge >= 0.3 is 0 Å². The first-order valence-electron chi connectivity index (χ1n) is 12.1. The van der Waals surface area contributed by atoms with Crippen LogP contribution in [0.15, 0.2) is 77.7 Å². The van der Waals surface area contributed by atoms with E-state index in [1.165, 1.54) is 21.1 Å². The van der Waals surface area contributed by atoms with Crippen molar-refractivity contribution in [2.45, 2.75) is 32.1 Å². The van der Waals surface area contributed by atoms with Gasteiger partial charge < -0.3 is 9.80 Å². The summed E-state index contributed by atoms with van der Waals surface area (Å²) >= 11 is 0. The van der Waals surface area contributed by atoms with E-state index in [9.17, 15) is 13.2 Å². The fourth-order valence-electron chi connectivity index (χ4n) is 4.43. The lowest BCUT2D eigenvalue weighted by Gasteiger charge is -2.38. The van der Waals surface area contributed by atoms with E-state index >= 15 is 0 Å². The number of carbonyl (C=O) groups excluding carboxylic acids is 1. The van der Waals surface area contributed by atoms with Gasteiger partial charge in [-0.05, 0) is 67.3 Å². The molecule has 0 saturated carbocycles. The van der Waals surface area contributed by atoms with Gasteiger partial charge in [-0.3, -0.25) is 9.10 Å².